The molecule has 0 aromatic carbocycles. The van der Waals surface area contributed by atoms with Crippen LogP contribution in [0.25, 0.3) is 11.0 Å². The maximum Gasteiger partial charge on any atom is 0.137 e. The standard InChI is InChI=1S/C17H21N5/c1-21-12-18-9-15(21)11-22-7-3-5-14(10-22)16-8-13-4-2-6-19-17(13)20-16/h2,4,6,8-9,12,14H,3,5,7,10-11H2,1H3,(H,19,20)/t14-/m0/s1. The number of aromatic nitrogens is 4. The van der Waals surface area contributed by atoms with Crippen molar-refractivity contribution in [3.63, 3.8) is 0 Å². The number of imidazole rings is 1. The summed E-state index contributed by atoms with van der Waals surface area (Å²) in [6, 6.07) is 6.38. The minimum absolute atomic E-state index is 0.566. The molecule has 0 unspecified atom stereocenters. The van der Waals surface area contributed by atoms with Gasteiger partial charge in [-0.25, -0.2) is 9.97 Å². The molecular formula is C17H21N5. The number of rotatable bonds is 3. The van der Waals surface area contributed by atoms with Gasteiger partial charge in [-0.3, -0.25) is 4.90 Å². The zero-order valence-corrected chi connectivity index (χ0v) is 12.9. The van der Waals surface area contributed by atoms with Crippen LogP contribution in [0.2, 0.25) is 0 Å². The van der Waals surface area contributed by atoms with E-state index in [1.165, 1.54) is 36.2 Å². The summed E-state index contributed by atoms with van der Waals surface area (Å²) in [7, 11) is 2.06. The molecule has 1 aliphatic heterocycles. The number of hydrogen-bond donors (Lipinski definition) is 1. The van der Waals surface area contributed by atoms with Crippen molar-refractivity contribution in [2.75, 3.05) is 13.1 Å². The Morgan fingerprint density at radius 1 is 1.41 bits per heavy atom. The highest BCUT2D eigenvalue weighted by molar-refractivity contribution is 5.76. The summed E-state index contributed by atoms with van der Waals surface area (Å²) in [5.41, 5.74) is 3.60. The predicted octanol–water partition coefficient (Wildman–Crippen LogP) is 2.68. The first kappa shape index (κ1) is 13.5. The first-order chi connectivity index (χ1) is 10.8. The van der Waals surface area contributed by atoms with Crippen molar-refractivity contribution in [1.82, 2.24) is 24.4 Å². The molecule has 1 fully saturated rings. The molecule has 1 aliphatic rings. The molecule has 5 heteroatoms. The highest BCUT2D eigenvalue weighted by Gasteiger charge is 2.23. The molecule has 0 aliphatic carbocycles. The Morgan fingerprint density at radius 3 is 3.18 bits per heavy atom. The van der Waals surface area contributed by atoms with E-state index in [1.807, 2.05) is 24.8 Å². The number of fused-ring (bicyclic) bond motifs is 1. The zero-order valence-electron chi connectivity index (χ0n) is 12.9. The van der Waals surface area contributed by atoms with Crippen LogP contribution in [0.3, 0.4) is 0 Å². The Bertz CT molecular complexity index is 739. The second kappa shape index (κ2) is 5.57. The van der Waals surface area contributed by atoms with Gasteiger partial charge in [0.25, 0.3) is 0 Å². The van der Waals surface area contributed by atoms with E-state index in [9.17, 15) is 0 Å². The van der Waals surface area contributed by atoms with Crippen molar-refractivity contribution in [3.8, 4) is 0 Å². The van der Waals surface area contributed by atoms with E-state index in [1.54, 1.807) is 0 Å². The fourth-order valence-corrected chi connectivity index (χ4v) is 3.42. The average molecular weight is 295 g/mol. The zero-order chi connectivity index (χ0) is 14.9. The molecule has 0 saturated carbocycles. The Hall–Kier alpha value is -2.14. The van der Waals surface area contributed by atoms with E-state index in [4.69, 9.17) is 0 Å². The van der Waals surface area contributed by atoms with Crippen molar-refractivity contribution in [3.05, 3.63) is 48.3 Å². The minimum atomic E-state index is 0.566. The van der Waals surface area contributed by atoms with E-state index in [2.05, 4.69) is 43.6 Å². The molecule has 1 saturated heterocycles. The number of piperidine rings is 1. The molecule has 0 amide bonds. The van der Waals surface area contributed by atoms with Crippen molar-refractivity contribution in [1.29, 1.82) is 0 Å². The van der Waals surface area contributed by atoms with Gasteiger partial charge in [0.1, 0.15) is 5.65 Å². The molecule has 3 aromatic heterocycles. The predicted molar refractivity (Wildman–Crippen MR) is 86.6 cm³/mol. The molecular weight excluding hydrogens is 274 g/mol. The van der Waals surface area contributed by atoms with Crippen LogP contribution in [0.15, 0.2) is 36.9 Å². The van der Waals surface area contributed by atoms with E-state index in [-0.39, 0.29) is 0 Å². The lowest BCUT2D eigenvalue weighted by molar-refractivity contribution is 0.195. The average Bonchev–Trinajstić information content (AvgIpc) is 3.14. The van der Waals surface area contributed by atoms with Gasteiger partial charge in [-0.1, -0.05) is 0 Å². The highest BCUT2D eigenvalue weighted by atomic mass is 15.2. The smallest absolute Gasteiger partial charge is 0.137 e. The molecule has 1 N–H and O–H groups in total. The molecule has 4 rings (SSSR count). The summed E-state index contributed by atoms with van der Waals surface area (Å²) >= 11 is 0. The van der Waals surface area contributed by atoms with Gasteiger partial charge in [0.05, 0.1) is 12.0 Å². The van der Waals surface area contributed by atoms with Gasteiger partial charge in [0.2, 0.25) is 0 Å². The van der Waals surface area contributed by atoms with Gasteiger partial charge in [0.15, 0.2) is 0 Å². The fraction of sp³-hybridized carbons (Fsp3) is 0.412. The molecule has 0 radical (unpaired) electrons. The molecule has 114 valence electrons. The maximum absolute atomic E-state index is 4.41. The van der Waals surface area contributed by atoms with Gasteiger partial charge in [-0.15, -0.1) is 0 Å². The summed E-state index contributed by atoms with van der Waals surface area (Å²) in [5, 5.41) is 1.21. The Balaban J connectivity index is 1.51. The normalized spacial score (nSPS) is 19.8. The number of pyridine rings is 1. The first-order valence-electron chi connectivity index (χ1n) is 7.91. The molecule has 4 heterocycles. The minimum Gasteiger partial charge on any atom is -0.343 e. The lowest BCUT2D eigenvalue weighted by Gasteiger charge is -2.32. The largest absolute Gasteiger partial charge is 0.343 e. The van der Waals surface area contributed by atoms with Crippen LogP contribution in [-0.4, -0.2) is 37.5 Å². The molecule has 22 heavy (non-hydrogen) atoms. The van der Waals surface area contributed by atoms with Crippen LogP contribution in [-0.2, 0) is 13.6 Å². The van der Waals surface area contributed by atoms with Crippen LogP contribution >= 0.6 is 0 Å². The van der Waals surface area contributed by atoms with Crippen LogP contribution in [0, 0.1) is 0 Å². The molecule has 5 nitrogen and oxygen atoms in total. The van der Waals surface area contributed by atoms with Crippen molar-refractivity contribution in [2.24, 2.45) is 7.05 Å². The van der Waals surface area contributed by atoms with Crippen LogP contribution < -0.4 is 0 Å². The van der Waals surface area contributed by atoms with Gasteiger partial charge in [0, 0.05) is 49.5 Å². The van der Waals surface area contributed by atoms with E-state index in [0.717, 1.165) is 18.7 Å². The topological polar surface area (TPSA) is 49.7 Å². The van der Waals surface area contributed by atoms with E-state index < -0.39 is 0 Å². The third kappa shape index (κ3) is 2.52. The number of nitrogens with one attached hydrogen (secondary N) is 1. The second-order valence-corrected chi connectivity index (χ2v) is 6.24. The van der Waals surface area contributed by atoms with Gasteiger partial charge >= 0.3 is 0 Å². The third-order valence-corrected chi connectivity index (χ3v) is 4.66. The fourth-order valence-electron chi connectivity index (χ4n) is 3.42. The van der Waals surface area contributed by atoms with Crippen LogP contribution in [0.1, 0.15) is 30.1 Å². The quantitative estimate of drug-likeness (QED) is 0.808. The molecule has 1 atom stereocenters. The number of nitrogens with zero attached hydrogens (tertiary/aromatic N) is 4. The Kier molecular flexibility index (Phi) is 3.42. The summed E-state index contributed by atoms with van der Waals surface area (Å²) in [5.74, 6) is 0.566. The molecule has 0 spiro atoms. The molecule has 0 bridgehead atoms. The van der Waals surface area contributed by atoms with E-state index >= 15 is 0 Å². The number of hydrogen-bond acceptors (Lipinski definition) is 3. The van der Waals surface area contributed by atoms with Gasteiger partial charge < -0.3 is 9.55 Å². The van der Waals surface area contributed by atoms with Crippen LogP contribution in [0.4, 0.5) is 0 Å². The second-order valence-electron chi connectivity index (χ2n) is 6.24. The number of aromatic amines is 1. The SMILES string of the molecule is Cn1cncc1CN1CCC[C@H](c2cc3cccnc3[nH]2)C1. The monoisotopic (exact) mass is 295 g/mol. The molecule has 3 aromatic rings. The Morgan fingerprint density at radius 2 is 2.36 bits per heavy atom. The maximum atomic E-state index is 4.41. The number of aryl methyl sites for hydroxylation is 1. The van der Waals surface area contributed by atoms with Crippen molar-refractivity contribution >= 4 is 11.0 Å². The summed E-state index contributed by atoms with van der Waals surface area (Å²) in [4.78, 5) is 14.7. The van der Waals surface area contributed by atoms with Crippen molar-refractivity contribution < 1.29 is 0 Å². The summed E-state index contributed by atoms with van der Waals surface area (Å²) < 4.78 is 2.11. The Labute approximate surface area is 130 Å². The lowest BCUT2D eigenvalue weighted by Crippen LogP contribution is -2.34. The third-order valence-electron chi connectivity index (χ3n) is 4.66. The van der Waals surface area contributed by atoms with Crippen molar-refractivity contribution in [2.45, 2.75) is 25.3 Å². The van der Waals surface area contributed by atoms with Gasteiger partial charge in [-0.05, 0) is 37.6 Å². The summed E-state index contributed by atoms with van der Waals surface area (Å²) in [6.45, 7) is 3.24. The number of H-pyrrole nitrogens is 1. The number of likely N-dealkylation sites (tertiary alicyclic amines) is 1. The first-order valence-corrected chi connectivity index (χ1v) is 7.91. The van der Waals surface area contributed by atoms with E-state index in [0.29, 0.717) is 5.92 Å². The van der Waals surface area contributed by atoms with Gasteiger partial charge in [-0.2, -0.15) is 0 Å². The van der Waals surface area contributed by atoms with Crippen LogP contribution in [0.5, 0.6) is 0 Å². The highest BCUT2D eigenvalue weighted by Crippen LogP contribution is 2.29. The summed E-state index contributed by atoms with van der Waals surface area (Å²) in [6.07, 6.45) is 8.18. The lowest BCUT2D eigenvalue weighted by atomic mass is 9.94.